The molecule has 0 radical (unpaired) electrons. The number of carbonyl (C=O) groups is 1. The number of rotatable bonds is 5. The van der Waals surface area contributed by atoms with E-state index in [0.29, 0.717) is 10.7 Å². The van der Waals surface area contributed by atoms with Crippen LogP contribution in [0.4, 0.5) is 5.13 Å². The molecule has 10 heteroatoms. The predicted molar refractivity (Wildman–Crippen MR) is 77.5 cm³/mol. The van der Waals surface area contributed by atoms with Gasteiger partial charge in [0.2, 0.25) is 0 Å². The number of hydrogen-bond donors (Lipinski definition) is 2. The third-order valence-electron chi connectivity index (χ3n) is 2.50. The van der Waals surface area contributed by atoms with E-state index in [1.165, 1.54) is 18.5 Å². The Morgan fingerprint density at radius 1 is 1.52 bits per heavy atom. The molecule has 0 atom stereocenters. The minimum absolute atomic E-state index is 0.0969. The Kier molecular flexibility index (Phi) is 4.09. The topological polar surface area (TPSA) is 114 Å². The monoisotopic (exact) mass is 328 g/mol. The summed E-state index contributed by atoms with van der Waals surface area (Å²) in [5.41, 5.74) is 0. The molecule has 0 aliphatic heterocycles. The number of aliphatic carboxylic acids is 1. The summed E-state index contributed by atoms with van der Waals surface area (Å²) in [6.07, 6.45) is 5.07. The second kappa shape index (κ2) is 5.66. The summed E-state index contributed by atoms with van der Waals surface area (Å²) in [5.74, 6) is -0.519. The molecule has 2 rings (SSSR count). The molecule has 0 fully saturated rings. The second-order valence-electron chi connectivity index (χ2n) is 4.08. The Morgan fingerprint density at radius 2 is 2.24 bits per heavy atom. The molecule has 2 aromatic heterocycles. The van der Waals surface area contributed by atoms with Crippen molar-refractivity contribution in [2.45, 2.75) is 11.9 Å². The molecule has 21 heavy (non-hydrogen) atoms. The Hall–Kier alpha value is -2.20. The molecule has 0 aromatic carbocycles. The number of hydrogen-bond acceptors (Lipinski definition) is 6. The van der Waals surface area contributed by atoms with Gasteiger partial charge in [-0.3, -0.25) is 4.72 Å². The number of sulfonamides is 1. The molecule has 8 nitrogen and oxygen atoms in total. The van der Waals surface area contributed by atoms with E-state index in [1.54, 1.807) is 18.5 Å². The van der Waals surface area contributed by atoms with Gasteiger partial charge in [0.05, 0.1) is 0 Å². The Balaban J connectivity index is 2.19. The van der Waals surface area contributed by atoms with E-state index in [4.69, 9.17) is 5.11 Å². The zero-order valence-electron chi connectivity index (χ0n) is 11.1. The summed E-state index contributed by atoms with van der Waals surface area (Å²) < 4.78 is 28.1. The number of aryl methyl sites for hydroxylation is 2. The highest BCUT2D eigenvalue weighted by molar-refractivity contribution is 7.92. The number of nitrogens with zero attached hydrogens (tertiary/aromatic N) is 3. The zero-order chi connectivity index (χ0) is 15.6. The van der Waals surface area contributed by atoms with Crippen LogP contribution in [0.5, 0.6) is 0 Å². The first-order valence-electron chi connectivity index (χ1n) is 5.67. The molecule has 0 bridgehead atoms. The van der Waals surface area contributed by atoms with Crippen LogP contribution in [0.1, 0.15) is 10.7 Å². The number of aromatic nitrogens is 3. The van der Waals surface area contributed by atoms with Gasteiger partial charge in [-0.1, -0.05) is 11.3 Å². The summed E-state index contributed by atoms with van der Waals surface area (Å²) in [6.45, 7) is 1.69. The summed E-state index contributed by atoms with van der Waals surface area (Å²) in [6, 6.07) is 0. The van der Waals surface area contributed by atoms with Crippen LogP contribution in [0.25, 0.3) is 6.08 Å². The van der Waals surface area contributed by atoms with Crippen molar-refractivity contribution in [3.8, 4) is 0 Å². The van der Waals surface area contributed by atoms with Crippen LogP contribution in [0.15, 0.2) is 23.5 Å². The molecule has 0 aliphatic rings. The molecule has 0 unspecified atom stereocenters. The molecule has 2 aromatic rings. The van der Waals surface area contributed by atoms with Crippen molar-refractivity contribution in [2.75, 3.05) is 4.72 Å². The van der Waals surface area contributed by atoms with E-state index < -0.39 is 16.0 Å². The van der Waals surface area contributed by atoms with Crippen LogP contribution in [-0.2, 0) is 21.9 Å². The van der Waals surface area contributed by atoms with Gasteiger partial charge in [0, 0.05) is 30.4 Å². The zero-order valence-corrected chi connectivity index (χ0v) is 12.8. The number of imidazole rings is 1. The lowest BCUT2D eigenvalue weighted by atomic mass is 10.4. The normalized spacial score (nSPS) is 11.9. The summed E-state index contributed by atoms with van der Waals surface area (Å²) in [5, 5.41) is 8.57. The molecule has 112 valence electrons. The lowest BCUT2D eigenvalue weighted by molar-refractivity contribution is -0.131. The largest absolute Gasteiger partial charge is 0.478 e. The van der Waals surface area contributed by atoms with Crippen molar-refractivity contribution >= 4 is 38.5 Å². The molecule has 2 N–H and O–H groups in total. The Morgan fingerprint density at radius 3 is 2.81 bits per heavy atom. The summed E-state index contributed by atoms with van der Waals surface area (Å²) in [7, 11) is -2.11. The van der Waals surface area contributed by atoms with E-state index in [2.05, 4.69) is 14.7 Å². The Bertz CT molecular complexity index is 785. The lowest BCUT2D eigenvalue weighted by Gasteiger charge is -2.00. The fourth-order valence-electron chi connectivity index (χ4n) is 1.39. The molecule has 0 saturated carbocycles. The van der Waals surface area contributed by atoms with Gasteiger partial charge in [0.25, 0.3) is 10.0 Å². The highest BCUT2D eigenvalue weighted by Gasteiger charge is 2.19. The lowest BCUT2D eigenvalue weighted by Crippen LogP contribution is -2.13. The number of anilines is 1. The SMILES string of the molecule is Cc1nc(S(=O)(=O)Nc2ncc(C=CC(=O)O)s2)cn1C. The third kappa shape index (κ3) is 3.67. The van der Waals surface area contributed by atoms with Gasteiger partial charge in [-0.05, 0) is 13.0 Å². The van der Waals surface area contributed by atoms with Gasteiger partial charge in [-0.2, -0.15) is 8.42 Å². The molecular formula is C11H12N4O4S2. The summed E-state index contributed by atoms with van der Waals surface area (Å²) >= 11 is 1.02. The highest BCUT2D eigenvalue weighted by atomic mass is 32.2. The first-order valence-corrected chi connectivity index (χ1v) is 7.97. The number of carboxylic acid groups (broad SMARTS) is 1. The minimum Gasteiger partial charge on any atom is -0.478 e. The van der Waals surface area contributed by atoms with Crippen LogP contribution in [-0.4, -0.2) is 34.0 Å². The van der Waals surface area contributed by atoms with Gasteiger partial charge >= 0.3 is 5.97 Å². The average Bonchev–Trinajstić information content (AvgIpc) is 2.95. The van der Waals surface area contributed by atoms with Gasteiger partial charge in [0.1, 0.15) is 5.82 Å². The van der Waals surface area contributed by atoms with Crippen molar-refractivity contribution in [1.29, 1.82) is 0 Å². The fraction of sp³-hybridized carbons (Fsp3) is 0.182. The van der Waals surface area contributed by atoms with E-state index in [1.807, 2.05) is 0 Å². The van der Waals surface area contributed by atoms with Crippen molar-refractivity contribution in [1.82, 2.24) is 14.5 Å². The number of nitrogens with one attached hydrogen (secondary N) is 1. The summed E-state index contributed by atoms with van der Waals surface area (Å²) in [4.78, 5) is 18.7. The third-order valence-corrected chi connectivity index (χ3v) is 4.71. The molecule has 0 amide bonds. The van der Waals surface area contributed by atoms with Crippen molar-refractivity contribution < 1.29 is 18.3 Å². The van der Waals surface area contributed by atoms with E-state index in [9.17, 15) is 13.2 Å². The van der Waals surface area contributed by atoms with E-state index in [0.717, 1.165) is 17.4 Å². The average molecular weight is 328 g/mol. The first-order chi connectivity index (χ1) is 9.78. The highest BCUT2D eigenvalue weighted by Crippen LogP contribution is 2.22. The maximum Gasteiger partial charge on any atom is 0.328 e. The van der Waals surface area contributed by atoms with Crippen molar-refractivity contribution in [3.05, 3.63) is 29.2 Å². The maximum absolute atomic E-state index is 12.1. The molecule has 2 heterocycles. The number of thiazole rings is 1. The van der Waals surface area contributed by atoms with Gasteiger partial charge < -0.3 is 9.67 Å². The molecule has 0 aliphatic carbocycles. The maximum atomic E-state index is 12.1. The van der Waals surface area contributed by atoms with Crippen molar-refractivity contribution in [3.63, 3.8) is 0 Å². The van der Waals surface area contributed by atoms with Crippen molar-refractivity contribution in [2.24, 2.45) is 7.05 Å². The van der Waals surface area contributed by atoms with Gasteiger partial charge in [-0.15, -0.1) is 0 Å². The van der Waals surface area contributed by atoms with E-state index in [-0.39, 0.29) is 10.2 Å². The Labute approximate surface area is 124 Å². The molecule has 0 spiro atoms. The second-order valence-corrected chi connectivity index (χ2v) is 6.77. The standard InChI is InChI=1S/C11H12N4O4S2/c1-7-13-9(6-15(7)2)21(18,19)14-11-12-5-8(20-11)3-4-10(16)17/h3-6H,1-2H3,(H,12,14)(H,16,17). The van der Waals surface area contributed by atoms with Crippen LogP contribution in [0.2, 0.25) is 0 Å². The van der Waals surface area contributed by atoms with Crippen LogP contribution in [0.3, 0.4) is 0 Å². The smallest absolute Gasteiger partial charge is 0.328 e. The minimum atomic E-state index is -3.81. The van der Waals surface area contributed by atoms with E-state index >= 15 is 0 Å². The molecular weight excluding hydrogens is 316 g/mol. The fourth-order valence-corrected chi connectivity index (χ4v) is 3.39. The van der Waals surface area contributed by atoms with Gasteiger partial charge in [0.15, 0.2) is 10.2 Å². The predicted octanol–water partition coefficient (Wildman–Crippen LogP) is 1.08. The number of carboxylic acids is 1. The quantitative estimate of drug-likeness (QED) is 0.794. The first kappa shape index (κ1) is 15.2. The van der Waals surface area contributed by atoms with Crippen LogP contribution < -0.4 is 4.72 Å². The van der Waals surface area contributed by atoms with Crippen LogP contribution >= 0.6 is 11.3 Å². The molecule has 0 saturated heterocycles. The van der Waals surface area contributed by atoms with Gasteiger partial charge in [-0.25, -0.2) is 14.8 Å². The van der Waals surface area contributed by atoms with Crippen LogP contribution in [0, 0.1) is 6.92 Å².